The fraction of sp³-hybridized carbons (Fsp3) is 0.500. The van der Waals surface area contributed by atoms with Gasteiger partial charge in [-0.2, -0.15) is 11.8 Å². The number of nitrogens with one attached hydrogen (secondary N) is 1. The number of aliphatic carboxylic acids is 1. The molecule has 0 fully saturated rings. The van der Waals surface area contributed by atoms with E-state index in [4.69, 9.17) is 0 Å². The first kappa shape index (κ1) is 15.1. The minimum atomic E-state index is -0.823. The fourth-order valence-electron chi connectivity index (χ4n) is 1.73. The third-order valence-corrected chi connectivity index (χ3v) is 3.66. The van der Waals surface area contributed by atoms with E-state index in [2.05, 4.69) is 12.2 Å². The Morgan fingerprint density at radius 3 is 2.61 bits per heavy atom. The zero-order chi connectivity index (χ0) is 13.4. The van der Waals surface area contributed by atoms with Crippen molar-refractivity contribution in [3.05, 3.63) is 35.9 Å². The molecule has 1 aromatic carbocycles. The molecule has 2 unspecified atom stereocenters. The maximum Gasteiger partial charge on any atom is 0.325 e. The number of carboxylic acid groups (broad SMARTS) is 1. The zero-order valence-corrected chi connectivity index (χ0v) is 11.7. The molecular formula is C14H21NO2S. The molecule has 1 aromatic rings. The molecule has 0 aromatic heterocycles. The van der Waals surface area contributed by atoms with E-state index in [-0.39, 0.29) is 6.04 Å². The van der Waals surface area contributed by atoms with Crippen molar-refractivity contribution in [2.75, 3.05) is 11.5 Å². The highest BCUT2D eigenvalue weighted by molar-refractivity contribution is 7.99. The monoisotopic (exact) mass is 267 g/mol. The van der Waals surface area contributed by atoms with Gasteiger partial charge in [0.1, 0.15) is 6.04 Å². The van der Waals surface area contributed by atoms with Gasteiger partial charge in [0, 0.05) is 6.04 Å². The number of hydrogen-bond acceptors (Lipinski definition) is 3. The molecule has 100 valence electrons. The summed E-state index contributed by atoms with van der Waals surface area (Å²) in [5.74, 6) is 1.34. The second-order valence-electron chi connectivity index (χ2n) is 4.24. The Morgan fingerprint density at radius 1 is 1.39 bits per heavy atom. The van der Waals surface area contributed by atoms with Gasteiger partial charge >= 0.3 is 5.97 Å². The Hall–Kier alpha value is -1.00. The van der Waals surface area contributed by atoms with E-state index in [1.165, 1.54) is 0 Å². The van der Waals surface area contributed by atoms with Gasteiger partial charge in [-0.25, -0.2) is 0 Å². The summed E-state index contributed by atoms with van der Waals surface area (Å²) in [6, 6.07) is 8.90. The van der Waals surface area contributed by atoms with Crippen LogP contribution in [-0.4, -0.2) is 28.6 Å². The molecule has 0 saturated carbocycles. The van der Waals surface area contributed by atoms with Crippen LogP contribution in [0.1, 0.15) is 31.9 Å². The van der Waals surface area contributed by atoms with Crippen LogP contribution in [0, 0.1) is 0 Å². The number of hydrogen-bond donors (Lipinski definition) is 2. The molecule has 0 aliphatic carbocycles. The van der Waals surface area contributed by atoms with Gasteiger partial charge in [0.15, 0.2) is 0 Å². The summed E-state index contributed by atoms with van der Waals surface area (Å²) in [7, 11) is 0. The van der Waals surface area contributed by atoms with Crippen molar-refractivity contribution >= 4 is 17.7 Å². The summed E-state index contributed by atoms with van der Waals surface area (Å²) >= 11 is 1.88. The van der Waals surface area contributed by atoms with E-state index in [1.54, 1.807) is 0 Å². The van der Waals surface area contributed by atoms with Crippen LogP contribution in [0.15, 0.2) is 30.3 Å². The Balaban J connectivity index is 2.56. The smallest absolute Gasteiger partial charge is 0.325 e. The zero-order valence-electron chi connectivity index (χ0n) is 10.9. The minimum absolute atomic E-state index is 0.199. The Labute approximate surface area is 113 Å². The van der Waals surface area contributed by atoms with E-state index in [0.29, 0.717) is 0 Å². The molecule has 0 aliphatic rings. The summed E-state index contributed by atoms with van der Waals surface area (Å²) in [6.45, 7) is 4.17. The van der Waals surface area contributed by atoms with Crippen LogP contribution in [0.4, 0.5) is 0 Å². The normalized spacial score (nSPS) is 14.1. The van der Waals surface area contributed by atoms with Gasteiger partial charge < -0.3 is 5.11 Å². The maximum absolute atomic E-state index is 11.3. The van der Waals surface area contributed by atoms with E-state index in [1.807, 2.05) is 49.0 Å². The van der Waals surface area contributed by atoms with Gasteiger partial charge in [-0.15, -0.1) is 0 Å². The second kappa shape index (κ2) is 8.16. The number of carbonyl (C=O) groups is 1. The standard InChI is InChI=1S/C14H21NO2S/c1-3-18-10-9-11(2)15-13(14(16)17)12-7-5-4-6-8-12/h4-8,11,13,15H,3,9-10H2,1-2H3,(H,16,17). The molecule has 1 rings (SSSR count). The van der Waals surface area contributed by atoms with Crippen LogP contribution in [0.5, 0.6) is 0 Å². The van der Waals surface area contributed by atoms with Crippen molar-refractivity contribution in [3.8, 4) is 0 Å². The predicted molar refractivity (Wildman–Crippen MR) is 77.0 cm³/mol. The van der Waals surface area contributed by atoms with Crippen LogP contribution in [0.3, 0.4) is 0 Å². The van der Waals surface area contributed by atoms with E-state index in [0.717, 1.165) is 23.5 Å². The molecule has 0 heterocycles. The summed E-state index contributed by atoms with van der Waals surface area (Å²) in [4.78, 5) is 11.3. The Morgan fingerprint density at radius 2 is 2.06 bits per heavy atom. The van der Waals surface area contributed by atoms with Crippen molar-refractivity contribution in [3.63, 3.8) is 0 Å². The Kier molecular flexibility index (Phi) is 6.83. The molecule has 0 saturated heterocycles. The molecule has 0 radical (unpaired) electrons. The molecule has 2 atom stereocenters. The fourth-order valence-corrected chi connectivity index (χ4v) is 2.54. The van der Waals surface area contributed by atoms with Crippen molar-refractivity contribution in [2.24, 2.45) is 0 Å². The lowest BCUT2D eigenvalue weighted by atomic mass is 10.1. The third-order valence-electron chi connectivity index (χ3n) is 2.73. The number of benzene rings is 1. The largest absolute Gasteiger partial charge is 0.480 e. The maximum atomic E-state index is 11.3. The highest BCUT2D eigenvalue weighted by Crippen LogP contribution is 2.15. The molecule has 3 nitrogen and oxygen atoms in total. The van der Waals surface area contributed by atoms with Crippen molar-refractivity contribution in [1.29, 1.82) is 0 Å². The van der Waals surface area contributed by atoms with Crippen LogP contribution in [0.2, 0.25) is 0 Å². The van der Waals surface area contributed by atoms with Gasteiger partial charge in [0.25, 0.3) is 0 Å². The highest BCUT2D eigenvalue weighted by atomic mass is 32.2. The average Bonchev–Trinajstić information content (AvgIpc) is 2.37. The van der Waals surface area contributed by atoms with Crippen LogP contribution < -0.4 is 5.32 Å². The number of rotatable bonds is 8. The van der Waals surface area contributed by atoms with Crippen LogP contribution >= 0.6 is 11.8 Å². The van der Waals surface area contributed by atoms with Crippen molar-refractivity contribution in [1.82, 2.24) is 5.32 Å². The third kappa shape index (κ3) is 5.10. The molecule has 0 amide bonds. The van der Waals surface area contributed by atoms with Crippen LogP contribution in [-0.2, 0) is 4.79 Å². The summed E-state index contributed by atoms with van der Waals surface area (Å²) in [5.41, 5.74) is 0.806. The molecule has 18 heavy (non-hydrogen) atoms. The molecule has 0 aliphatic heterocycles. The predicted octanol–water partition coefficient (Wildman–Crippen LogP) is 2.93. The lowest BCUT2D eigenvalue weighted by Crippen LogP contribution is -2.35. The first-order valence-corrected chi connectivity index (χ1v) is 7.42. The summed E-state index contributed by atoms with van der Waals surface area (Å²) < 4.78 is 0. The Bertz CT molecular complexity index is 356. The molecule has 0 bridgehead atoms. The summed E-state index contributed by atoms with van der Waals surface area (Å²) in [6.07, 6.45) is 0.981. The number of thioether (sulfide) groups is 1. The van der Waals surface area contributed by atoms with Gasteiger partial charge in [-0.3, -0.25) is 10.1 Å². The van der Waals surface area contributed by atoms with E-state index in [9.17, 15) is 9.90 Å². The van der Waals surface area contributed by atoms with Crippen molar-refractivity contribution in [2.45, 2.75) is 32.4 Å². The van der Waals surface area contributed by atoms with Gasteiger partial charge in [-0.05, 0) is 30.4 Å². The van der Waals surface area contributed by atoms with Gasteiger partial charge in [-0.1, -0.05) is 37.3 Å². The average molecular weight is 267 g/mol. The lowest BCUT2D eigenvalue weighted by Gasteiger charge is -2.20. The molecular weight excluding hydrogens is 246 g/mol. The van der Waals surface area contributed by atoms with E-state index < -0.39 is 12.0 Å². The van der Waals surface area contributed by atoms with Crippen LogP contribution in [0.25, 0.3) is 0 Å². The summed E-state index contributed by atoms with van der Waals surface area (Å²) in [5, 5.41) is 12.5. The van der Waals surface area contributed by atoms with Gasteiger partial charge in [0.2, 0.25) is 0 Å². The van der Waals surface area contributed by atoms with Gasteiger partial charge in [0.05, 0.1) is 0 Å². The number of carboxylic acids is 1. The quantitative estimate of drug-likeness (QED) is 0.711. The second-order valence-corrected chi connectivity index (χ2v) is 5.63. The first-order valence-electron chi connectivity index (χ1n) is 6.26. The molecule has 2 N–H and O–H groups in total. The molecule has 0 spiro atoms. The first-order chi connectivity index (χ1) is 8.65. The highest BCUT2D eigenvalue weighted by Gasteiger charge is 2.20. The lowest BCUT2D eigenvalue weighted by molar-refractivity contribution is -0.139. The molecule has 4 heteroatoms. The minimum Gasteiger partial charge on any atom is -0.480 e. The van der Waals surface area contributed by atoms with Crippen molar-refractivity contribution < 1.29 is 9.90 Å². The SMILES string of the molecule is CCSCCC(C)NC(C(=O)O)c1ccccc1. The van der Waals surface area contributed by atoms with E-state index >= 15 is 0 Å². The topological polar surface area (TPSA) is 49.3 Å².